The summed E-state index contributed by atoms with van der Waals surface area (Å²) >= 11 is 0. The summed E-state index contributed by atoms with van der Waals surface area (Å²) in [6.07, 6.45) is 1.57. The number of anilines is 1. The molecule has 0 spiro atoms. The molecule has 0 unspecified atom stereocenters. The Morgan fingerprint density at radius 3 is 2.33 bits per heavy atom. The molecule has 0 saturated carbocycles. The van der Waals surface area contributed by atoms with E-state index in [2.05, 4.69) is 29.2 Å². The molecule has 1 N–H and O–H groups in total. The van der Waals surface area contributed by atoms with Crippen LogP contribution in [0.2, 0.25) is 0 Å². The first-order valence-corrected chi connectivity index (χ1v) is 9.87. The molecular weight excluding hydrogens is 379 g/mol. The normalized spacial score (nSPS) is 11.3. The standard InChI is InChI=1S/C24H23FN4O/c1-14(2)17-7-11-20(12-8-17)27-24(30)21-13-26-23-22(15(3)28-29(23)16(21)4)18-5-9-19(25)10-6-18/h5-14H,1-4H3,(H,27,30). The van der Waals surface area contributed by atoms with Crippen LogP contribution >= 0.6 is 0 Å². The topological polar surface area (TPSA) is 59.3 Å². The van der Waals surface area contributed by atoms with Crippen molar-refractivity contribution in [1.29, 1.82) is 0 Å². The molecule has 2 aromatic heterocycles. The molecule has 1 amide bonds. The van der Waals surface area contributed by atoms with Crippen molar-refractivity contribution < 1.29 is 9.18 Å². The summed E-state index contributed by atoms with van der Waals surface area (Å²) in [5, 5.41) is 7.50. The van der Waals surface area contributed by atoms with Crippen molar-refractivity contribution >= 4 is 17.2 Å². The lowest BCUT2D eigenvalue weighted by Gasteiger charge is -2.10. The van der Waals surface area contributed by atoms with Crippen LogP contribution in [0.4, 0.5) is 10.1 Å². The van der Waals surface area contributed by atoms with Crippen LogP contribution in [0.5, 0.6) is 0 Å². The molecule has 5 nitrogen and oxygen atoms in total. The minimum absolute atomic E-state index is 0.240. The Morgan fingerprint density at radius 2 is 1.70 bits per heavy atom. The number of rotatable bonds is 4. The van der Waals surface area contributed by atoms with Gasteiger partial charge in [-0.25, -0.2) is 13.9 Å². The average molecular weight is 402 g/mol. The SMILES string of the molecule is Cc1nn2c(C)c(C(=O)Nc3ccc(C(C)C)cc3)cnc2c1-c1ccc(F)cc1. The van der Waals surface area contributed by atoms with E-state index in [1.54, 1.807) is 22.8 Å². The van der Waals surface area contributed by atoms with Gasteiger partial charge >= 0.3 is 0 Å². The van der Waals surface area contributed by atoms with Crippen molar-refractivity contribution in [3.05, 3.63) is 83.1 Å². The van der Waals surface area contributed by atoms with E-state index in [1.807, 2.05) is 38.1 Å². The third kappa shape index (κ3) is 3.56. The lowest BCUT2D eigenvalue weighted by atomic mass is 10.0. The first-order chi connectivity index (χ1) is 14.3. The van der Waals surface area contributed by atoms with Crippen LogP contribution in [0.3, 0.4) is 0 Å². The van der Waals surface area contributed by atoms with Gasteiger partial charge in [0.25, 0.3) is 5.91 Å². The summed E-state index contributed by atoms with van der Waals surface area (Å²) in [5.41, 5.74) is 6.14. The molecular formula is C24H23FN4O. The summed E-state index contributed by atoms with van der Waals surface area (Å²) in [6, 6.07) is 14.1. The van der Waals surface area contributed by atoms with Crippen molar-refractivity contribution in [1.82, 2.24) is 14.6 Å². The van der Waals surface area contributed by atoms with Crippen LogP contribution < -0.4 is 5.32 Å². The van der Waals surface area contributed by atoms with Gasteiger partial charge in [-0.05, 0) is 55.2 Å². The zero-order valence-corrected chi connectivity index (χ0v) is 17.4. The molecule has 0 saturated heterocycles. The minimum atomic E-state index is -0.294. The Morgan fingerprint density at radius 1 is 1.03 bits per heavy atom. The Bertz CT molecular complexity index is 1230. The maximum absolute atomic E-state index is 13.3. The molecule has 6 heteroatoms. The molecule has 2 aromatic carbocycles. The summed E-state index contributed by atoms with van der Waals surface area (Å²) in [7, 11) is 0. The van der Waals surface area contributed by atoms with E-state index in [1.165, 1.54) is 17.7 Å². The molecule has 0 fully saturated rings. The molecule has 4 rings (SSSR count). The highest BCUT2D eigenvalue weighted by molar-refractivity contribution is 6.05. The number of hydrogen-bond acceptors (Lipinski definition) is 3. The van der Waals surface area contributed by atoms with Gasteiger partial charge in [0, 0.05) is 17.4 Å². The molecule has 0 aliphatic heterocycles. The first-order valence-electron chi connectivity index (χ1n) is 9.87. The van der Waals surface area contributed by atoms with E-state index in [0.717, 1.165) is 22.5 Å². The number of halogens is 1. The fraction of sp³-hybridized carbons (Fsp3) is 0.208. The third-order valence-corrected chi connectivity index (χ3v) is 5.27. The first kappa shape index (κ1) is 19.8. The fourth-order valence-corrected chi connectivity index (χ4v) is 3.53. The van der Waals surface area contributed by atoms with Crippen molar-refractivity contribution in [3.8, 4) is 11.1 Å². The van der Waals surface area contributed by atoms with E-state index in [-0.39, 0.29) is 11.7 Å². The second kappa shape index (κ2) is 7.71. The number of aromatic nitrogens is 3. The molecule has 4 aromatic rings. The van der Waals surface area contributed by atoms with Gasteiger partial charge in [-0.2, -0.15) is 5.10 Å². The van der Waals surface area contributed by atoms with E-state index in [4.69, 9.17) is 0 Å². The van der Waals surface area contributed by atoms with Crippen molar-refractivity contribution in [2.75, 3.05) is 5.32 Å². The van der Waals surface area contributed by atoms with Gasteiger partial charge in [0.1, 0.15) is 5.82 Å². The summed E-state index contributed by atoms with van der Waals surface area (Å²) < 4.78 is 15.0. The van der Waals surface area contributed by atoms with Crippen LogP contribution in [0.25, 0.3) is 16.8 Å². The second-order valence-corrected chi connectivity index (χ2v) is 7.69. The highest BCUT2D eigenvalue weighted by atomic mass is 19.1. The van der Waals surface area contributed by atoms with Crippen LogP contribution in [0.1, 0.15) is 47.1 Å². The van der Waals surface area contributed by atoms with E-state index in [0.29, 0.717) is 22.8 Å². The predicted molar refractivity (Wildman–Crippen MR) is 116 cm³/mol. The molecule has 0 bridgehead atoms. The van der Waals surface area contributed by atoms with Gasteiger partial charge in [0.05, 0.1) is 17.0 Å². The maximum atomic E-state index is 13.3. The van der Waals surface area contributed by atoms with Gasteiger partial charge in [-0.3, -0.25) is 4.79 Å². The van der Waals surface area contributed by atoms with Gasteiger partial charge in [0.15, 0.2) is 5.65 Å². The largest absolute Gasteiger partial charge is 0.322 e. The lowest BCUT2D eigenvalue weighted by Crippen LogP contribution is -2.16. The highest BCUT2D eigenvalue weighted by Crippen LogP contribution is 2.28. The van der Waals surface area contributed by atoms with Crippen LogP contribution in [-0.2, 0) is 0 Å². The molecule has 0 aliphatic rings. The highest BCUT2D eigenvalue weighted by Gasteiger charge is 2.19. The van der Waals surface area contributed by atoms with Crippen LogP contribution in [-0.4, -0.2) is 20.5 Å². The quantitative estimate of drug-likeness (QED) is 0.488. The minimum Gasteiger partial charge on any atom is -0.322 e. The summed E-state index contributed by atoms with van der Waals surface area (Å²) in [5.74, 6) is -0.102. The van der Waals surface area contributed by atoms with Crippen molar-refractivity contribution in [2.45, 2.75) is 33.6 Å². The molecule has 0 atom stereocenters. The molecule has 152 valence electrons. The number of benzene rings is 2. The lowest BCUT2D eigenvalue weighted by molar-refractivity contribution is 0.102. The van der Waals surface area contributed by atoms with E-state index < -0.39 is 0 Å². The number of carbonyl (C=O) groups is 1. The van der Waals surface area contributed by atoms with Crippen LogP contribution in [0.15, 0.2) is 54.7 Å². The average Bonchev–Trinajstić information content (AvgIpc) is 3.06. The van der Waals surface area contributed by atoms with E-state index in [9.17, 15) is 9.18 Å². The Kier molecular flexibility index (Phi) is 5.08. The molecule has 30 heavy (non-hydrogen) atoms. The Hall–Kier alpha value is -3.54. The number of nitrogens with zero attached hydrogens (tertiary/aromatic N) is 3. The summed E-state index contributed by atoms with van der Waals surface area (Å²) in [4.78, 5) is 17.4. The zero-order chi connectivity index (χ0) is 21.4. The smallest absolute Gasteiger partial charge is 0.259 e. The van der Waals surface area contributed by atoms with E-state index >= 15 is 0 Å². The van der Waals surface area contributed by atoms with Gasteiger partial charge in [-0.1, -0.05) is 38.1 Å². The fourth-order valence-electron chi connectivity index (χ4n) is 3.53. The maximum Gasteiger partial charge on any atom is 0.259 e. The zero-order valence-electron chi connectivity index (χ0n) is 17.4. The molecule has 0 radical (unpaired) electrons. The Balaban J connectivity index is 1.68. The Labute approximate surface area is 174 Å². The van der Waals surface area contributed by atoms with Crippen molar-refractivity contribution in [2.24, 2.45) is 0 Å². The number of hydrogen-bond donors (Lipinski definition) is 1. The van der Waals surface area contributed by atoms with Crippen LogP contribution in [0, 0.1) is 19.7 Å². The van der Waals surface area contributed by atoms with Gasteiger partial charge in [-0.15, -0.1) is 0 Å². The molecule has 0 aliphatic carbocycles. The predicted octanol–water partition coefficient (Wildman–Crippen LogP) is 5.53. The van der Waals surface area contributed by atoms with Gasteiger partial charge in [0.2, 0.25) is 0 Å². The number of aryl methyl sites for hydroxylation is 2. The number of carbonyl (C=O) groups excluding carboxylic acids is 1. The third-order valence-electron chi connectivity index (χ3n) is 5.27. The van der Waals surface area contributed by atoms with Crippen molar-refractivity contribution in [3.63, 3.8) is 0 Å². The molecule has 2 heterocycles. The number of nitrogens with one attached hydrogen (secondary N) is 1. The number of fused-ring (bicyclic) bond motifs is 1. The number of amides is 1. The summed E-state index contributed by atoms with van der Waals surface area (Å²) in [6.45, 7) is 7.98. The monoisotopic (exact) mass is 402 g/mol. The van der Waals surface area contributed by atoms with Gasteiger partial charge < -0.3 is 5.32 Å². The second-order valence-electron chi connectivity index (χ2n) is 7.69.